The third-order valence-electron chi connectivity index (χ3n) is 3.91. The molecule has 5 nitrogen and oxygen atoms in total. The molecule has 2 heterocycles. The highest BCUT2D eigenvalue weighted by Crippen LogP contribution is 2.28. The number of piperidine rings is 1. The summed E-state index contributed by atoms with van der Waals surface area (Å²) in [5.41, 5.74) is 0.989. The monoisotopic (exact) mass is 295 g/mol. The van der Waals surface area contributed by atoms with Crippen LogP contribution in [0.25, 0.3) is 0 Å². The highest BCUT2D eigenvalue weighted by atomic mass is 32.2. The number of rotatable bonds is 4. The second kappa shape index (κ2) is 5.33. The number of aromatic nitrogens is 1. The zero-order valence-corrected chi connectivity index (χ0v) is 12.6. The summed E-state index contributed by atoms with van der Waals surface area (Å²) in [7, 11) is -3.10. The Morgan fingerprint density at radius 1 is 1.30 bits per heavy atom. The van der Waals surface area contributed by atoms with E-state index in [1.54, 1.807) is 0 Å². The van der Waals surface area contributed by atoms with Crippen LogP contribution in [0.2, 0.25) is 0 Å². The zero-order chi connectivity index (χ0) is 14.2. The van der Waals surface area contributed by atoms with Gasteiger partial charge in [0.05, 0.1) is 5.25 Å². The van der Waals surface area contributed by atoms with Crippen LogP contribution in [0, 0.1) is 6.92 Å². The molecule has 20 heavy (non-hydrogen) atoms. The van der Waals surface area contributed by atoms with Gasteiger partial charge >= 0.3 is 0 Å². The minimum absolute atomic E-state index is 0.0108. The van der Waals surface area contributed by atoms with Crippen molar-refractivity contribution in [1.82, 2.24) is 9.71 Å². The number of anilines is 1. The molecule has 1 saturated heterocycles. The first-order valence-electron chi connectivity index (χ1n) is 7.24. The van der Waals surface area contributed by atoms with Crippen LogP contribution in [0.4, 0.5) is 5.82 Å². The number of aryl methyl sites for hydroxylation is 1. The SMILES string of the molecule is Cc1cccc(N2CCCC(NS(=O)(=O)C3CC3)C2)n1. The van der Waals surface area contributed by atoms with Crippen LogP contribution < -0.4 is 9.62 Å². The zero-order valence-electron chi connectivity index (χ0n) is 11.7. The molecule has 0 bridgehead atoms. The molecule has 1 saturated carbocycles. The van der Waals surface area contributed by atoms with Gasteiger partial charge in [-0.2, -0.15) is 0 Å². The predicted octanol–water partition coefficient (Wildman–Crippen LogP) is 1.44. The van der Waals surface area contributed by atoms with Crippen molar-refractivity contribution >= 4 is 15.8 Å². The van der Waals surface area contributed by atoms with E-state index < -0.39 is 10.0 Å². The van der Waals surface area contributed by atoms with Gasteiger partial charge in [-0.25, -0.2) is 18.1 Å². The maximum absolute atomic E-state index is 12.0. The molecule has 1 N–H and O–H groups in total. The summed E-state index contributed by atoms with van der Waals surface area (Å²) >= 11 is 0. The van der Waals surface area contributed by atoms with Crippen molar-refractivity contribution in [3.05, 3.63) is 23.9 Å². The van der Waals surface area contributed by atoms with E-state index in [-0.39, 0.29) is 11.3 Å². The lowest BCUT2D eigenvalue weighted by Crippen LogP contribution is -2.48. The Balaban J connectivity index is 1.67. The van der Waals surface area contributed by atoms with E-state index in [0.717, 1.165) is 43.7 Å². The number of hydrogen-bond acceptors (Lipinski definition) is 4. The highest BCUT2D eigenvalue weighted by Gasteiger charge is 2.37. The van der Waals surface area contributed by atoms with Crippen LogP contribution in [0.3, 0.4) is 0 Å². The van der Waals surface area contributed by atoms with Crippen LogP contribution >= 0.6 is 0 Å². The van der Waals surface area contributed by atoms with Gasteiger partial charge in [-0.1, -0.05) is 6.07 Å². The molecule has 2 fully saturated rings. The molecule has 1 aliphatic carbocycles. The van der Waals surface area contributed by atoms with Crippen LogP contribution in [0.1, 0.15) is 31.4 Å². The molecule has 0 radical (unpaired) electrons. The molecule has 1 atom stereocenters. The summed E-state index contributed by atoms with van der Waals surface area (Å²) in [6, 6.07) is 5.97. The molecule has 2 aliphatic rings. The quantitative estimate of drug-likeness (QED) is 0.913. The van der Waals surface area contributed by atoms with Gasteiger partial charge in [0.15, 0.2) is 0 Å². The number of hydrogen-bond donors (Lipinski definition) is 1. The Kier molecular flexibility index (Phi) is 3.69. The molecule has 3 rings (SSSR count). The van der Waals surface area contributed by atoms with E-state index >= 15 is 0 Å². The van der Waals surface area contributed by atoms with Crippen LogP contribution in [-0.4, -0.2) is 37.8 Å². The summed E-state index contributed by atoms with van der Waals surface area (Å²) in [4.78, 5) is 6.70. The predicted molar refractivity (Wildman–Crippen MR) is 79.3 cm³/mol. The van der Waals surface area contributed by atoms with Crippen molar-refractivity contribution in [3.63, 3.8) is 0 Å². The Hall–Kier alpha value is -1.14. The minimum atomic E-state index is -3.10. The molecule has 1 aromatic heterocycles. The van der Waals surface area contributed by atoms with Crippen molar-refractivity contribution in [3.8, 4) is 0 Å². The topological polar surface area (TPSA) is 62.3 Å². The second-order valence-electron chi connectivity index (χ2n) is 5.78. The number of nitrogens with one attached hydrogen (secondary N) is 1. The van der Waals surface area contributed by atoms with E-state index in [1.807, 2.05) is 25.1 Å². The Morgan fingerprint density at radius 3 is 2.80 bits per heavy atom. The number of nitrogens with zero attached hydrogens (tertiary/aromatic N) is 2. The number of sulfonamides is 1. The van der Waals surface area contributed by atoms with Crippen LogP contribution in [0.15, 0.2) is 18.2 Å². The normalized spacial score (nSPS) is 23.9. The third kappa shape index (κ3) is 3.12. The molecular formula is C14H21N3O2S. The van der Waals surface area contributed by atoms with Crippen LogP contribution in [0.5, 0.6) is 0 Å². The number of pyridine rings is 1. The maximum atomic E-state index is 12.0. The molecule has 110 valence electrons. The second-order valence-corrected chi connectivity index (χ2v) is 7.78. The average Bonchev–Trinajstić information content (AvgIpc) is 3.23. The van der Waals surface area contributed by atoms with Gasteiger partial charge in [-0.3, -0.25) is 0 Å². The van der Waals surface area contributed by atoms with Crippen LogP contribution in [-0.2, 0) is 10.0 Å². The summed E-state index contributed by atoms with van der Waals surface area (Å²) in [6.45, 7) is 3.63. The lowest BCUT2D eigenvalue weighted by atomic mass is 10.1. The van der Waals surface area contributed by atoms with Crippen molar-refractivity contribution in [1.29, 1.82) is 0 Å². The van der Waals surface area contributed by atoms with Gasteiger partial charge in [-0.05, 0) is 44.7 Å². The van der Waals surface area contributed by atoms with Crippen molar-refractivity contribution in [2.24, 2.45) is 0 Å². The summed E-state index contributed by atoms with van der Waals surface area (Å²) in [5, 5.41) is -0.144. The summed E-state index contributed by atoms with van der Waals surface area (Å²) < 4.78 is 26.9. The van der Waals surface area contributed by atoms with Gasteiger partial charge in [0.25, 0.3) is 0 Å². The first-order valence-corrected chi connectivity index (χ1v) is 8.79. The van der Waals surface area contributed by atoms with Crippen molar-refractivity contribution in [2.45, 2.75) is 43.9 Å². The molecule has 0 spiro atoms. The molecule has 6 heteroatoms. The van der Waals surface area contributed by atoms with E-state index in [9.17, 15) is 8.42 Å². The maximum Gasteiger partial charge on any atom is 0.214 e. The van der Waals surface area contributed by atoms with E-state index in [1.165, 1.54) is 0 Å². The van der Waals surface area contributed by atoms with E-state index in [2.05, 4.69) is 14.6 Å². The molecule has 0 amide bonds. The van der Waals surface area contributed by atoms with Gasteiger partial charge < -0.3 is 4.90 Å². The Morgan fingerprint density at radius 2 is 2.10 bits per heavy atom. The average molecular weight is 295 g/mol. The largest absolute Gasteiger partial charge is 0.355 e. The fourth-order valence-electron chi connectivity index (χ4n) is 2.69. The summed E-state index contributed by atoms with van der Waals surface area (Å²) in [6.07, 6.45) is 3.53. The third-order valence-corrected chi connectivity index (χ3v) is 5.92. The van der Waals surface area contributed by atoms with Crippen molar-refractivity contribution in [2.75, 3.05) is 18.0 Å². The van der Waals surface area contributed by atoms with E-state index in [0.29, 0.717) is 6.54 Å². The summed E-state index contributed by atoms with van der Waals surface area (Å²) in [5.74, 6) is 0.945. The first kappa shape index (κ1) is 13.8. The molecule has 1 unspecified atom stereocenters. The fourth-order valence-corrected chi connectivity index (χ4v) is 4.30. The van der Waals surface area contributed by atoms with E-state index in [4.69, 9.17) is 0 Å². The minimum Gasteiger partial charge on any atom is -0.355 e. The standard InChI is InChI=1S/C14H21N3O2S/c1-11-4-2-6-14(15-11)17-9-3-5-12(10-17)16-20(18,19)13-7-8-13/h2,4,6,12-13,16H,3,5,7-10H2,1H3. The van der Waals surface area contributed by atoms with Crippen molar-refractivity contribution < 1.29 is 8.42 Å². The smallest absolute Gasteiger partial charge is 0.214 e. The van der Waals surface area contributed by atoms with Gasteiger partial charge in [0, 0.05) is 24.8 Å². The Bertz CT molecular complexity index is 584. The fraction of sp³-hybridized carbons (Fsp3) is 0.643. The van der Waals surface area contributed by atoms with Gasteiger partial charge in [-0.15, -0.1) is 0 Å². The Labute approximate surface area is 120 Å². The lowest BCUT2D eigenvalue weighted by molar-refractivity contribution is 0.463. The lowest BCUT2D eigenvalue weighted by Gasteiger charge is -2.34. The highest BCUT2D eigenvalue weighted by molar-refractivity contribution is 7.90. The molecule has 1 aliphatic heterocycles. The van der Waals surface area contributed by atoms with Gasteiger partial charge in [0.1, 0.15) is 5.82 Å². The molecule has 0 aromatic carbocycles. The molecule has 1 aromatic rings. The molecular weight excluding hydrogens is 274 g/mol. The first-order chi connectivity index (χ1) is 9.54. The van der Waals surface area contributed by atoms with Gasteiger partial charge in [0.2, 0.25) is 10.0 Å².